The molecule has 1 amide bonds. The molecular weight excluding hydrogens is 674 g/mol. The van der Waals surface area contributed by atoms with Crippen molar-refractivity contribution in [1.82, 2.24) is 5.32 Å². The molecule has 0 aromatic rings. The van der Waals surface area contributed by atoms with Gasteiger partial charge in [0, 0.05) is 13.3 Å². The van der Waals surface area contributed by atoms with E-state index in [2.05, 4.69) is 9.50 Å². The van der Waals surface area contributed by atoms with Crippen LogP contribution in [0.3, 0.4) is 0 Å². The lowest BCUT2D eigenvalue weighted by atomic mass is 9.88. The maximum Gasteiger partial charge on any atom is 0.397 e. The minimum absolute atomic E-state index is 0.817. The Labute approximate surface area is 266 Å². The van der Waals surface area contributed by atoms with Crippen LogP contribution in [-0.4, -0.2) is 204 Å². The van der Waals surface area contributed by atoms with Crippen LogP contribution in [-0.2, 0) is 43.1 Å². The minimum Gasteiger partial charge on any atom is -0.477 e. The average molecular weight is 716 g/mol. The van der Waals surface area contributed by atoms with Crippen LogP contribution < -0.4 is 5.32 Å². The van der Waals surface area contributed by atoms with Gasteiger partial charge >= 0.3 is 16.4 Å². The van der Waals surface area contributed by atoms with Gasteiger partial charge in [-0.25, -0.2) is 8.98 Å². The maximum atomic E-state index is 12.6. The normalized spacial score (nSPS) is 35.7. The lowest BCUT2D eigenvalue weighted by Crippen LogP contribution is -2.70. The van der Waals surface area contributed by atoms with Crippen LogP contribution in [0.1, 0.15) is 13.3 Å². The van der Waals surface area contributed by atoms with Gasteiger partial charge in [0.2, 0.25) is 5.91 Å². The van der Waals surface area contributed by atoms with Gasteiger partial charge in [0.1, 0.15) is 67.1 Å². The van der Waals surface area contributed by atoms with Gasteiger partial charge in [-0.05, 0) is 0 Å². The summed E-state index contributed by atoms with van der Waals surface area (Å²) in [6.45, 7) is -3.70. The number of nitrogens with one attached hydrogen (secondary N) is 1. The van der Waals surface area contributed by atoms with Crippen molar-refractivity contribution < 1.29 is 107 Å². The monoisotopic (exact) mass is 715 g/mol. The Morgan fingerprint density at radius 2 is 1.53 bits per heavy atom. The standard InChI is InChI=1S/C23H41NO22S/c1-7(28)24-13-8(29)2-23(22(37)38,45-19(13)15(34)10(31)4-26)46-20-16(35)12(6-42-47(39,40)41)43-21(17(20)36)44-18(11(32)5-27)14(33)9(30)3-25/h8-21,25-27,29-36H,2-6H2,1H3,(H,24,28)(H,37,38)(H,39,40,41)/t8-,9-,10+,11+,12+,13+,14+,15+,16-,17+,18+,19+,20-,21-,23-/m0/s1. The first-order chi connectivity index (χ1) is 21.7. The summed E-state index contributed by atoms with van der Waals surface area (Å²) in [4.78, 5) is 24.4. The molecule has 0 aliphatic carbocycles. The summed E-state index contributed by atoms with van der Waals surface area (Å²) in [5.74, 6) is -6.12. The molecule has 14 N–H and O–H groups in total. The van der Waals surface area contributed by atoms with Crippen LogP contribution in [0.5, 0.6) is 0 Å². The van der Waals surface area contributed by atoms with Gasteiger partial charge < -0.3 is 85.5 Å². The second-order valence-electron chi connectivity index (χ2n) is 10.8. The van der Waals surface area contributed by atoms with E-state index >= 15 is 0 Å². The zero-order valence-electron chi connectivity index (χ0n) is 24.5. The molecule has 0 aromatic carbocycles. The highest BCUT2D eigenvalue weighted by Crippen LogP contribution is 2.38. The van der Waals surface area contributed by atoms with Crippen molar-refractivity contribution in [2.75, 3.05) is 26.4 Å². The number of carboxylic acids is 1. The lowest BCUT2D eigenvalue weighted by molar-refractivity contribution is -0.376. The zero-order chi connectivity index (χ0) is 36.0. The number of carbonyl (C=O) groups excluding carboxylic acids is 1. The predicted octanol–water partition coefficient (Wildman–Crippen LogP) is -8.76. The molecule has 0 aromatic heterocycles. The molecule has 2 fully saturated rings. The Morgan fingerprint density at radius 1 is 0.957 bits per heavy atom. The topological polar surface area (TPSA) is 389 Å². The highest BCUT2D eigenvalue weighted by atomic mass is 32.3. The molecule has 0 radical (unpaired) electrons. The van der Waals surface area contributed by atoms with Crippen molar-refractivity contribution in [2.45, 2.75) is 105 Å². The van der Waals surface area contributed by atoms with Crippen molar-refractivity contribution in [3.8, 4) is 0 Å². The molecule has 2 aliphatic rings. The van der Waals surface area contributed by atoms with Gasteiger partial charge in [-0.1, -0.05) is 0 Å². The largest absolute Gasteiger partial charge is 0.477 e. The van der Waals surface area contributed by atoms with Gasteiger partial charge in [-0.2, -0.15) is 8.42 Å². The van der Waals surface area contributed by atoms with Crippen LogP contribution >= 0.6 is 0 Å². The Morgan fingerprint density at radius 3 is 2.02 bits per heavy atom. The summed E-state index contributed by atoms with van der Waals surface area (Å²) >= 11 is 0. The zero-order valence-corrected chi connectivity index (χ0v) is 25.3. The second kappa shape index (κ2) is 17.2. The summed E-state index contributed by atoms with van der Waals surface area (Å²) in [5.41, 5.74) is 0. The number of aliphatic carboxylic acids is 1. The first-order valence-electron chi connectivity index (χ1n) is 13.8. The first kappa shape index (κ1) is 41.4. The Bertz CT molecular complexity index is 1130. The number of carboxylic acid groups (broad SMARTS) is 1. The molecule has 0 saturated carbocycles. The van der Waals surface area contributed by atoms with Crippen LogP contribution in [0.25, 0.3) is 0 Å². The van der Waals surface area contributed by atoms with Gasteiger partial charge in [0.15, 0.2) is 6.29 Å². The number of carbonyl (C=O) groups is 2. The van der Waals surface area contributed by atoms with Gasteiger partial charge in [0.05, 0.1) is 38.6 Å². The summed E-state index contributed by atoms with van der Waals surface area (Å²) in [6.07, 6.45) is -29.4. The summed E-state index contributed by atoms with van der Waals surface area (Å²) in [7, 11) is -5.23. The van der Waals surface area contributed by atoms with Crippen molar-refractivity contribution in [3.63, 3.8) is 0 Å². The molecule has 0 unspecified atom stereocenters. The Hall–Kier alpha value is -1.79. The smallest absolute Gasteiger partial charge is 0.397 e. The van der Waals surface area contributed by atoms with Crippen molar-refractivity contribution in [2.24, 2.45) is 0 Å². The Balaban J connectivity index is 2.59. The summed E-state index contributed by atoms with van der Waals surface area (Å²) < 4.78 is 57.1. The van der Waals surface area contributed by atoms with Crippen LogP contribution in [0.15, 0.2) is 0 Å². The number of hydrogen-bond acceptors (Lipinski definition) is 20. The maximum absolute atomic E-state index is 12.6. The second-order valence-corrected chi connectivity index (χ2v) is 11.9. The molecule has 276 valence electrons. The van der Waals surface area contributed by atoms with Crippen molar-refractivity contribution >= 4 is 22.3 Å². The number of hydrogen-bond donors (Lipinski definition) is 14. The highest BCUT2D eigenvalue weighted by molar-refractivity contribution is 7.80. The van der Waals surface area contributed by atoms with E-state index in [0.717, 1.165) is 6.92 Å². The SMILES string of the molecule is CC(=O)N[C@H]1[C@H]([C@H](O)[C@H](O)CO)O[C@@](O[C@H]2[C@@H](O)[C@@H](COS(=O)(=O)O)O[C@@H](O[C@@H]([C@H](O)[C@@H](O)CO)[C@H](O)CO)[C@@H]2O)(C(=O)O)C[C@@H]1O. The molecule has 24 heteroatoms. The first-order valence-corrected chi connectivity index (χ1v) is 15.2. The third-order valence-corrected chi connectivity index (χ3v) is 7.75. The lowest BCUT2D eigenvalue weighted by Gasteiger charge is -2.50. The molecule has 2 rings (SSSR count). The summed E-state index contributed by atoms with van der Waals surface area (Å²) in [5, 5.41) is 124. The minimum atomic E-state index is -5.23. The van der Waals surface area contributed by atoms with Crippen LogP contribution in [0.4, 0.5) is 0 Å². The molecule has 0 spiro atoms. The van der Waals surface area contributed by atoms with E-state index in [1.165, 1.54) is 0 Å². The molecule has 2 saturated heterocycles. The molecule has 47 heavy (non-hydrogen) atoms. The van der Waals surface area contributed by atoms with E-state index in [0.29, 0.717) is 0 Å². The van der Waals surface area contributed by atoms with Crippen LogP contribution in [0, 0.1) is 0 Å². The van der Waals surface area contributed by atoms with Gasteiger partial charge in [-0.3, -0.25) is 9.35 Å². The number of aliphatic hydroxyl groups is 11. The fourth-order valence-electron chi connectivity index (χ4n) is 4.90. The van der Waals surface area contributed by atoms with E-state index in [-0.39, 0.29) is 0 Å². The van der Waals surface area contributed by atoms with E-state index in [1.54, 1.807) is 0 Å². The van der Waals surface area contributed by atoms with Crippen molar-refractivity contribution in [3.05, 3.63) is 0 Å². The fraction of sp³-hybridized carbons (Fsp3) is 0.913. The third-order valence-electron chi connectivity index (χ3n) is 7.31. The number of rotatable bonds is 17. The number of aliphatic hydroxyl groups excluding tert-OH is 11. The molecule has 15 atom stereocenters. The predicted molar refractivity (Wildman–Crippen MR) is 143 cm³/mol. The number of ether oxygens (including phenoxy) is 4. The summed E-state index contributed by atoms with van der Waals surface area (Å²) in [6, 6.07) is -1.64. The molecule has 0 bridgehead atoms. The quantitative estimate of drug-likeness (QED) is 0.0621. The van der Waals surface area contributed by atoms with Gasteiger partial charge in [-0.15, -0.1) is 0 Å². The van der Waals surface area contributed by atoms with Gasteiger partial charge in [0.25, 0.3) is 5.79 Å². The molecule has 23 nitrogen and oxygen atoms in total. The molecular formula is C23H41NO22S. The third kappa shape index (κ3) is 10.4. The highest BCUT2D eigenvalue weighted by Gasteiger charge is 2.60. The fourth-order valence-corrected chi connectivity index (χ4v) is 5.20. The van der Waals surface area contributed by atoms with E-state index in [9.17, 15) is 79.3 Å². The average Bonchev–Trinajstić information content (AvgIpc) is 3.00. The molecule has 2 heterocycles. The van der Waals surface area contributed by atoms with Crippen LogP contribution in [0.2, 0.25) is 0 Å². The van der Waals surface area contributed by atoms with E-state index < -0.39 is 146 Å². The van der Waals surface area contributed by atoms with E-state index in [4.69, 9.17) is 23.5 Å². The van der Waals surface area contributed by atoms with Crippen molar-refractivity contribution in [1.29, 1.82) is 0 Å². The number of amides is 1. The Kier molecular flexibility index (Phi) is 15.2. The molecule has 2 aliphatic heterocycles. The van der Waals surface area contributed by atoms with E-state index in [1.807, 2.05) is 0 Å².